The fourth-order valence-electron chi connectivity index (χ4n) is 1.88. The molecule has 1 atom stereocenters. The number of ether oxygens (including phenoxy) is 2. The molecule has 1 aromatic rings. The molecule has 1 aliphatic rings. The van der Waals surface area contributed by atoms with Crippen molar-refractivity contribution < 1.29 is 17.9 Å². The highest BCUT2D eigenvalue weighted by Gasteiger charge is 2.22. The van der Waals surface area contributed by atoms with Gasteiger partial charge >= 0.3 is 0 Å². The van der Waals surface area contributed by atoms with Crippen molar-refractivity contribution in [3.63, 3.8) is 0 Å². The Hall–Kier alpha value is -1.11. The summed E-state index contributed by atoms with van der Waals surface area (Å²) in [7, 11) is -1.59. The molecular weight excluding hydrogens is 278 g/mol. The summed E-state index contributed by atoms with van der Waals surface area (Å²) in [6.45, 7) is 1.16. The first kappa shape index (κ1) is 15.3. The molecule has 1 fully saturated rings. The van der Waals surface area contributed by atoms with E-state index in [9.17, 15) is 8.42 Å². The fourth-order valence-corrected chi connectivity index (χ4v) is 2.53. The molecule has 0 amide bonds. The van der Waals surface area contributed by atoms with Crippen LogP contribution >= 0.6 is 0 Å². The molecule has 0 bridgehead atoms. The average Bonchev–Trinajstić information content (AvgIpc) is 3.20. The minimum atomic E-state index is -3.22. The summed E-state index contributed by atoms with van der Waals surface area (Å²) in [5, 5.41) is 3.38. The van der Waals surface area contributed by atoms with Gasteiger partial charge in [0.05, 0.1) is 11.5 Å². The maximum atomic E-state index is 11.5. The normalized spacial score (nSPS) is 16.9. The van der Waals surface area contributed by atoms with Gasteiger partial charge < -0.3 is 14.8 Å². The molecule has 2 rings (SSSR count). The molecule has 1 saturated carbocycles. The molecule has 0 aromatic heterocycles. The number of nitrogens with one attached hydrogen (secondary N) is 1. The zero-order valence-electron chi connectivity index (χ0n) is 11.8. The van der Waals surface area contributed by atoms with Crippen molar-refractivity contribution in [2.75, 3.05) is 26.5 Å². The van der Waals surface area contributed by atoms with Crippen LogP contribution in [0.1, 0.15) is 12.8 Å². The number of hydrogen-bond donors (Lipinski definition) is 1. The van der Waals surface area contributed by atoms with Crippen molar-refractivity contribution in [1.29, 1.82) is 0 Å². The van der Waals surface area contributed by atoms with Crippen molar-refractivity contribution in [3.05, 3.63) is 24.3 Å². The Morgan fingerprint density at radius 1 is 1.40 bits per heavy atom. The Kier molecular flexibility index (Phi) is 5.01. The molecule has 20 heavy (non-hydrogen) atoms. The van der Waals surface area contributed by atoms with Gasteiger partial charge in [0.15, 0.2) is 9.84 Å². The summed E-state index contributed by atoms with van der Waals surface area (Å²) in [4.78, 5) is 0.265. The third kappa shape index (κ3) is 4.77. The highest BCUT2D eigenvalue weighted by atomic mass is 32.2. The van der Waals surface area contributed by atoms with Crippen molar-refractivity contribution in [3.8, 4) is 5.75 Å². The number of hydrogen-bond acceptors (Lipinski definition) is 5. The number of methoxy groups -OCH3 is 1. The lowest BCUT2D eigenvalue weighted by Gasteiger charge is -2.19. The van der Waals surface area contributed by atoms with Gasteiger partial charge in [0.1, 0.15) is 11.9 Å². The molecule has 0 saturated heterocycles. The molecule has 112 valence electrons. The summed E-state index contributed by atoms with van der Waals surface area (Å²) < 4.78 is 34.0. The van der Waals surface area contributed by atoms with Crippen LogP contribution in [0.3, 0.4) is 0 Å². The van der Waals surface area contributed by atoms with E-state index in [-0.39, 0.29) is 11.0 Å². The van der Waals surface area contributed by atoms with E-state index in [1.807, 2.05) is 0 Å². The lowest BCUT2D eigenvalue weighted by molar-refractivity contribution is 0.0802. The van der Waals surface area contributed by atoms with Crippen LogP contribution in [0.15, 0.2) is 29.2 Å². The van der Waals surface area contributed by atoms with E-state index in [4.69, 9.17) is 9.47 Å². The number of sulfone groups is 1. The lowest BCUT2D eigenvalue weighted by atomic mass is 10.3. The van der Waals surface area contributed by atoms with Gasteiger partial charge in [-0.3, -0.25) is 0 Å². The second-order valence-corrected chi connectivity index (χ2v) is 7.14. The zero-order chi connectivity index (χ0) is 14.6. The van der Waals surface area contributed by atoms with Crippen molar-refractivity contribution in [2.45, 2.75) is 29.9 Å². The zero-order valence-corrected chi connectivity index (χ0v) is 12.7. The summed E-state index contributed by atoms with van der Waals surface area (Å²) in [6.07, 6.45) is 3.48. The third-order valence-electron chi connectivity index (χ3n) is 3.10. The van der Waals surface area contributed by atoms with Crippen molar-refractivity contribution >= 4 is 9.84 Å². The van der Waals surface area contributed by atoms with Crippen LogP contribution in [0.5, 0.6) is 5.75 Å². The molecule has 5 nitrogen and oxygen atoms in total. The van der Waals surface area contributed by atoms with Gasteiger partial charge in [-0.25, -0.2) is 8.42 Å². The first-order chi connectivity index (χ1) is 9.49. The van der Waals surface area contributed by atoms with E-state index in [0.717, 1.165) is 0 Å². The van der Waals surface area contributed by atoms with Gasteiger partial charge in [-0.05, 0) is 31.0 Å². The SMILES string of the molecule is COCC(CNC1CC1)Oc1cccc(S(C)(=O)=O)c1. The maximum Gasteiger partial charge on any atom is 0.175 e. The predicted molar refractivity (Wildman–Crippen MR) is 76.9 cm³/mol. The summed E-state index contributed by atoms with van der Waals surface area (Å²) in [5.74, 6) is 0.549. The molecular formula is C14H21NO4S. The molecule has 6 heteroatoms. The molecule has 1 aromatic carbocycles. The highest BCUT2D eigenvalue weighted by molar-refractivity contribution is 7.90. The van der Waals surface area contributed by atoms with Crippen LogP contribution in [-0.4, -0.2) is 47.1 Å². The minimum Gasteiger partial charge on any atom is -0.487 e. The molecule has 0 aliphatic heterocycles. The molecule has 0 spiro atoms. The summed E-state index contributed by atoms with van der Waals surface area (Å²) in [5.41, 5.74) is 0. The first-order valence-electron chi connectivity index (χ1n) is 6.68. The van der Waals surface area contributed by atoms with Gasteiger partial charge in [0.25, 0.3) is 0 Å². The van der Waals surface area contributed by atoms with E-state index < -0.39 is 9.84 Å². The quantitative estimate of drug-likeness (QED) is 0.782. The summed E-state index contributed by atoms with van der Waals surface area (Å²) >= 11 is 0. The van der Waals surface area contributed by atoms with Crippen LogP contribution < -0.4 is 10.1 Å². The van der Waals surface area contributed by atoms with Crippen molar-refractivity contribution in [1.82, 2.24) is 5.32 Å². The van der Waals surface area contributed by atoms with E-state index in [1.165, 1.54) is 19.1 Å². The Morgan fingerprint density at radius 3 is 2.75 bits per heavy atom. The molecule has 1 N–H and O–H groups in total. The largest absolute Gasteiger partial charge is 0.487 e. The smallest absolute Gasteiger partial charge is 0.175 e. The van der Waals surface area contributed by atoms with Crippen LogP contribution in [0, 0.1) is 0 Å². The van der Waals surface area contributed by atoms with Gasteiger partial charge in [0, 0.05) is 26.0 Å². The van der Waals surface area contributed by atoms with E-state index in [0.29, 0.717) is 24.9 Å². The number of rotatable bonds is 8. The third-order valence-corrected chi connectivity index (χ3v) is 4.21. The van der Waals surface area contributed by atoms with Gasteiger partial charge in [-0.1, -0.05) is 6.07 Å². The average molecular weight is 299 g/mol. The van der Waals surface area contributed by atoms with Crippen LogP contribution in [0.2, 0.25) is 0 Å². The number of benzene rings is 1. The van der Waals surface area contributed by atoms with Gasteiger partial charge in [-0.15, -0.1) is 0 Å². The van der Waals surface area contributed by atoms with Crippen molar-refractivity contribution in [2.24, 2.45) is 0 Å². The fraction of sp³-hybridized carbons (Fsp3) is 0.571. The first-order valence-corrected chi connectivity index (χ1v) is 8.57. The minimum absolute atomic E-state index is 0.129. The summed E-state index contributed by atoms with van der Waals surface area (Å²) in [6, 6.07) is 7.16. The monoisotopic (exact) mass is 299 g/mol. The molecule has 0 heterocycles. The Labute approximate surface area is 120 Å². The lowest BCUT2D eigenvalue weighted by Crippen LogP contribution is -2.35. The van der Waals surface area contributed by atoms with Crippen LogP contribution in [0.25, 0.3) is 0 Å². The van der Waals surface area contributed by atoms with E-state index >= 15 is 0 Å². The maximum absolute atomic E-state index is 11.5. The molecule has 1 aliphatic carbocycles. The predicted octanol–water partition coefficient (Wildman–Crippen LogP) is 1.24. The van der Waals surface area contributed by atoms with Crippen LogP contribution in [-0.2, 0) is 14.6 Å². The molecule has 0 radical (unpaired) electrons. The Balaban J connectivity index is 2.01. The highest BCUT2D eigenvalue weighted by Crippen LogP contribution is 2.20. The molecule has 1 unspecified atom stereocenters. The Bertz CT molecular complexity index is 540. The van der Waals surface area contributed by atoms with Gasteiger partial charge in [-0.2, -0.15) is 0 Å². The topological polar surface area (TPSA) is 64.6 Å². The Morgan fingerprint density at radius 2 is 2.15 bits per heavy atom. The van der Waals surface area contributed by atoms with E-state index in [2.05, 4.69) is 5.32 Å². The second-order valence-electron chi connectivity index (χ2n) is 5.12. The van der Waals surface area contributed by atoms with Crippen LogP contribution in [0.4, 0.5) is 0 Å². The second kappa shape index (κ2) is 6.56. The van der Waals surface area contributed by atoms with Gasteiger partial charge in [0.2, 0.25) is 0 Å². The van der Waals surface area contributed by atoms with E-state index in [1.54, 1.807) is 31.4 Å². The standard InChI is InChI=1S/C14H21NO4S/c1-18-10-13(9-15-11-6-7-11)19-12-4-3-5-14(8-12)20(2,16)17/h3-5,8,11,13,15H,6-7,9-10H2,1-2H3.